The van der Waals surface area contributed by atoms with Gasteiger partial charge in [0.05, 0.1) is 6.10 Å². The molecule has 30 heavy (non-hydrogen) atoms. The van der Waals surface area contributed by atoms with Crippen LogP contribution in [0.25, 0.3) is 0 Å². The molecule has 1 heterocycles. The van der Waals surface area contributed by atoms with Gasteiger partial charge in [-0.25, -0.2) is 8.42 Å². The molecule has 11 nitrogen and oxygen atoms in total. The van der Waals surface area contributed by atoms with Crippen molar-refractivity contribution in [2.75, 3.05) is 18.6 Å². The third kappa shape index (κ3) is 9.30. The van der Waals surface area contributed by atoms with Crippen LogP contribution >= 0.6 is 10.8 Å². The van der Waals surface area contributed by atoms with Crippen LogP contribution < -0.4 is 0 Å². The maximum atomic E-state index is 11.7. The lowest BCUT2D eigenvalue weighted by Gasteiger charge is -2.44. The Morgan fingerprint density at radius 3 is 1.70 bits per heavy atom. The first kappa shape index (κ1) is 26.2. The molecule has 0 amide bonds. The molecule has 0 aromatic rings. The summed E-state index contributed by atoms with van der Waals surface area (Å²) < 4.78 is 49.5. The van der Waals surface area contributed by atoms with Crippen molar-refractivity contribution in [1.29, 1.82) is 0 Å². The standard InChI is InChI=1S/C17H26O11S2/c1-9(18)24-8-14-16(26-11(3)20)17(27-12(4)21)15(25-10(2)19)13(28-14)6-7-29-30(5,22)23/h13-17H,6-8H2,1-5H3/t13-,14+,15-,16+,17+/m0/s1. The van der Waals surface area contributed by atoms with Crippen LogP contribution in [0.1, 0.15) is 34.1 Å². The van der Waals surface area contributed by atoms with Gasteiger partial charge in [0, 0.05) is 39.7 Å². The van der Waals surface area contributed by atoms with Crippen molar-refractivity contribution in [2.24, 2.45) is 0 Å². The highest BCUT2D eigenvalue weighted by Crippen LogP contribution is 2.31. The molecular weight excluding hydrogens is 444 g/mol. The Labute approximate surface area is 178 Å². The molecule has 0 radical (unpaired) electrons. The maximum absolute atomic E-state index is 11.7. The van der Waals surface area contributed by atoms with E-state index in [0.29, 0.717) is 10.8 Å². The van der Waals surface area contributed by atoms with E-state index in [1.165, 1.54) is 6.92 Å². The van der Waals surface area contributed by atoms with Gasteiger partial charge in [0.1, 0.15) is 12.7 Å². The van der Waals surface area contributed by atoms with Gasteiger partial charge in [0.2, 0.25) is 0 Å². The summed E-state index contributed by atoms with van der Waals surface area (Å²) >= 11 is 0. The largest absolute Gasteiger partial charge is 0.463 e. The van der Waals surface area contributed by atoms with E-state index < -0.39 is 63.3 Å². The lowest BCUT2D eigenvalue weighted by molar-refractivity contribution is -0.252. The lowest BCUT2D eigenvalue weighted by Crippen LogP contribution is -2.62. The van der Waals surface area contributed by atoms with Gasteiger partial charge in [-0.2, -0.15) is 0 Å². The molecule has 13 heteroatoms. The number of hydrogen-bond donors (Lipinski definition) is 0. The molecule has 0 spiro atoms. The van der Waals surface area contributed by atoms with E-state index in [-0.39, 0.29) is 18.8 Å². The van der Waals surface area contributed by atoms with Crippen molar-refractivity contribution in [3.8, 4) is 0 Å². The highest BCUT2D eigenvalue weighted by atomic mass is 33.1. The van der Waals surface area contributed by atoms with Gasteiger partial charge in [0.25, 0.3) is 0 Å². The second-order valence-electron chi connectivity index (χ2n) is 6.55. The van der Waals surface area contributed by atoms with Crippen LogP contribution in [0.3, 0.4) is 0 Å². The summed E-state index contributed by atoms with van der Waals surface area (Å²) in [7, 11) is -2.66. The summed E-state index contributed by atoms with van der Waals surface area (Å²) in [5, 5.41) is 0. The van der Waals surface area contributed by atoms with Crippen molar-refractivity contribution < 1.29 is 51.3 Å². The number of ether oxygens (including phenoxy) is 5. The number of carbonyl (C=O) groups is 4. The molecule has 0 aliphatic carbocycles. The molecule has 0 aromatic carbocycles. The molecule has 1 saturated heterocycles. The third-order valence-corrected chi connectivity index (χ3v) is 6.40. The maximum Gasteiger partial charge on any atom is 0.303 e. The van der Waals surface area contributed by atoms with Crippen LogP contribution in [0.4, 0.5) is 0 Å². The summed E-state index contributed by atoms with van der Waals surface area (Å²) in [5.74, 6) is -2.68. The Balaban J connectivity index is 3.25. The fourth-order valence-corrected chi connectivity index (χ4v) is 4.69. The number of esters is 4. The summed E-state index contributed by atoms with van der Waals surface area (Å²) in [6.45, 7) is 4.24. The number of rotatable bonds is 9. The normalized spacial score (nSPS) is 26.4. The van der Waals surface area contributed by atoms with E-state index >= 15 is 0 Å². The monoisotopic (exact) mass is 470 g/mol. The summed E-state index contributed by atoms with van der Waals surface area (Å²) in [5.41, 5.74) is 0. The molecule has 1 aliphatic heterocycles. The van der Waals surface area contributed by atoms with Gasteiger partial charge in [0.15, 0.2) is 27.2 Å². The van der Waals surface area contributed by atoms with E-state index in [9.17, 15) is 27.6 Å². The van der Waals surface area contributed by atoms with Gasteiger partial charge in [-0.05, 0) is 17.2 Å². The Kier molecular flexibility index (Phi) is 10.0. The molecule has 0 aromatic heterocycles. The van der Waals surface area contributed by atoms with E-state index in [2.05, 4.69) is 0 Å². The van der Waals surface area contributed by atoms with E-state index in [1.807, 2.05) is 0 Å². The first-order valence-electron chi connectivity index (χ1n) is 8.95. The van der Waals surface area contributed by atoms with Crippen molar-refractivity contribution in [3.63, 3.8) is 0 Å². The fraction of sp³-hybridized carbons (Fsp3) is 0.765. The molecule has 1 fully saturated rings. The average Bonchev–Trinajstić information content (AvgIpc) is 2.55. The number of hydrogen-bond acceptors (Lipinski definition) is 12. The van der Waals surface area contributed by atoms with Crippen molar-refractivity contribution in [1.82, 2.24) is 0 Å². The van der Waals surface area contributed by atoms with Gasteiger partial charge in [-0.3, -0.25) is 19.2 Å². The second kappa shape index (κ2) is 11.5. The van der Waals surface area contributed by atoms with Crippen molar-refractivity contribution in [2.45, 2.75) is 64.6 Å². The summed E-state index contributed by atoms with van der Waals surface area (Å²) in [4.78, 5) is 46.2. The average molecular weight is 471 g/mol. The van der Waals surface area contributed by atoms with Crippen LogP contribution in [0, 0.1) is 0 Å². The van der Waals surface area contributed by atoms with Gasteiger partial charge in [-0.15, -0.1) is 0 Å². The minimum absolute atomic E-state index is 0.0899. The summed E-state index contributed by atoms with van der Waals surface area (Å²) in [6.07, 6.45) is -4.47. The molecule has 1 rings (SSSR count). The highest BCUT2D eigenvalue weighted by molar-refractivity contribution is 8.71. The van der Waals surface area contributed by atoms with Crippen LogP contribution in [-0.4, -0.2) is 81.4 Å². The predicted octanol–water partition coefficient (Wildman–Crippen LogP) is 0.195. The zero-order valence-corrected chi connectivity index (χ0v) is 18.9. The van der Waals surface area contributed by atoms with Crippen LogP contribution in [0.15, 0.2) is 0 Å². The molecule has 0 saturated carbocycles. The highest BCUT2D eigenvalue weighted by Gasteiger charge is 2.51. The van der Waals surface area contributed by atoms with Crippen LogP contribution in [-0.2, 0) is 51.7 Å². The molecule has 0 N–H and O–H groups in total. The first-order valence-corrected chi connectivity index (χ1v) is 12.3. The van der Waals surface area contributed by atoms with Crippen molar-refractivity contribution in [3.05, 3.63) is 0 Å². The smallest absolute Gasteiger partial charge is 0.303 e. The summed E-state index contributed by atoms with van der Waals surface area (Å²) in [6, 6.07) is 0. The molecule has 172 valence electrons. The van der Waals surface area contributed by atoms with Gasteiger partial charge < -0.3 is 23.7 Å². The Hall–Kier alpha value is -1.86. The predicted molar refractivity (Wildman–Crippen MR) is 104 cm³/mol. The van der Waals surface area contributed by atoms with E-state index in [0.717, 1.165) is 27.0 Å². The van der Waals surface area contributed by atoms with Gasteiger partial charge in [-0.1, -0.05) is 0 Å². The van der Waals surface area contributed by atoms with E-state index in [1.54, 1.807) is 0 Å². The second-order valence-corrected chi connectivity index (χ2v) is 11.1. The Bertz CT molecular complexity index is 749. The zero-order chi connectivity index (χ0) is 23.1. The lowest BCUT2D eigenvalue weighted by atomic mass is 9.93. The van der Waals surface area contributed by atoms with E-state index in [4.69, 9.17) is 23.7 Å². The molecule has 0 bridgehead atoms. The Morgan fingerprint density at radius 1 is 0.800 bits per heavy atom. The topological polar surface area (TPSA) is 149 Å². The molecular formula is C17H26O11S2. The number of carbonyl (C=O) groups excluding carboxylic acids is 4. The molecule has 5 atom stereocenters. The van der Waals surface area contributed by atoms with Crippen LogP contribution in [0.5, 0.6) is 0 Å². The minimum Gasteiger partial charge on any atom is -0.463 e. The fourth-order valence-electron chi connectivity index (χ4n) is 2.87. The van der Waals surface area contributed by atoms with Gasteiger partial charge >= 0.3 is 23.9 Å². The first-order chi connectivity index (χ1) is 13.8. The Morgan fingerprint density at radius 2 is 1.27 bits per heavy atom. The molecule has 0 unspecified atom stereocenters. The third-order valence-electron chi connectivity index (χ3n) is 3.79. The minimum atomic E-state index is -3.33. The quantitative estimate of drug-likeness (QED) is 0.257. The SMILES string of the molecule is CC(=O)OC[C@H]1O[C@@H](CCSS(C)(=O)=O)[C@H](OC(C)=O)[C@@H](OC(C)=O)[C@@H]1OC(C)=O. The van der Waals surface area contributed by atoms with Crippen molar-refractivity contribution >= 4 is 43.5 Å². The zero-order valence-electron chi connectivity index (χ0n) is 17.3. The molecule has 1 aliphatic rings. The van der Waals surface area contributed by atoms with Crippen LogP contribution in [0.2, 0.25) is 0 Å².